The van der Waals surface area contributed by atoms with Crippen LogP contribution in [-0.2, 0) is 0 Å². The highest BCUT2D eigenvalue weighted by molar-refractivity contribution is 6.32. The minimum atomic E-state index is -0.565. The van der Waals surface area contributed by atoms with E-state index >= 15 is 0 Å². The number of hydrogen-bond donors (Lipinski definition) is 0. The minimum absolute atomic E-state index is 0.0792. The fourth-order valence-electron chi connectivity index (χ4n) is 1.82. The molecular weight excluding hydrogens is 294 g/mol. The zero-order chi connectivity index (χ0) is 14.8. The third-order valence-electron chi connectivity index (χ3n) is 2.79. The molecular formula is C14H8ClN3O3. The van der Waals surface area contributed by atoms with E-state index in [-0.39, 0.29) is 16.6 Å². The van der Waals surface area contributed by atoms with Gasteiger partial charge in [0.25, 0.3) is 5.69 Å². The van der Waals surface area contributed by atoms with E-state index in [1.54, 1.807) is 18.3 Å². The van der Waals surface area contributed by atoms with Crippen molar-refractivity contribution in [1.29, 1.82) is 0 Å². The van der Waals surface area contributed by atoms with Crippen LogP contribution < -0.4 is 4.74 Å². The quantitative estimate of drug-likeness (QED) is 0.540. The lowest BCUT2D eigenvalue weighted by Gasteiger charge is -2.07. The number of halogens is 1. The van der Waals surface area contributed by atoms with Gasteiger partial charge >= 0.3 is 0 Å². The second kappa shape index (κ2) is 5.34. The van der Waals surface area contributed by atoms with Gasteiger partial charge in [0.05, 0.1) is 10.4 Å². The first-order chi connectivity index (χ1) is 10.1. The smallest absolute Gasteiger partial charge is 0.289 e. The summed E-state index contributed by atoms with van der Waals surface area (Å²) in [7, 11) is 0. The Labute approximate surface area is 124 Å². The van der Waals surface area contributed by atoms with Gasteiger partial charge in [-0.25, -0.2) is 4.98 Å². The number of benzene rings is 1. The number of rotatable bonds is 3. The zero-order valence-electron chi connectivity index (χ0n) is 10.6. The summed E-state index contributed by atoms with van der Waals surface area (Å²) in [5.41, 5.74) is 0.655. The first kappa shape index (κ1) is 13.3. The predicted molar refractivity (Wildman–Crippen MR) is 77.7 cm³/mol. The van der Waals surface area contributed by atoms with Gasteiger partial charge in [0, 0.05) is 17.6 Å². The SMILES string of the molecule is O=[N+]([O-])c1cnc(Oc2ccc3ncccc3c2)c(Cl)c1. The molecule has 0 atom stereocenters. The van der Waals surface area contributed by atoms with E-state index in [0.29, 0.717) is 5.75 Å². The number of ether oxygens (including phenoxy) is 1. The molecule has 0 N–H and O–H groups in total. The molecule has 0 amide bonds. The Balaban J connectivity index is 1.93. The molecule has 0 spiro atoms. The van der Waals surface area contributed by atoms with Crippen molar-refractivity contribution < 1.29 is 9.66 Å². The van der Waals surface area contributed by atoms with E-state index in [4.69, 9.17) is 16.3 Å². The summed E-state index contributed by atoms with van der Waals surface area (Å²) in [5.74, 6) is 0.643. The molecule has 3 rings (SSSR count). The van der Waals surface area contributed by atoms with Crippen LogP contribution in [0.1, 0.15) is 0 Å². The highest BCUT2D eigenvalue weighted by atomic mass is 35.5. The Morgan fingerprint density at radius 2 is 2.05 bits per heavy atom. The summed E-state index contributed by atoms with van der Waals surface area (Å²) >= 11 is 5.94. The lowest BCUT2D eigenvalue weighted by Crippen LogP contribution is -1.93. The number of hydrogen-bond acceptors (Lipinski definition) is 5. The minimum Gasteiger partial charge on any atom is -0.438 e. The van der Waals surface area contributed by atoms with Crippen LogP contribution in [0.15, 0.2) is 48.8 Å². The first-order valence-corrected chi connectivity index (χ1v) is 6.34. The lowest BCUT2D eigenvalue weighted by molar-refractivity contribution is -0.385. The summed E-state index contributed by atoms with van der Waals surface area (Å²) in [6.07, 6.45) is 2.81. The van der Waals surface area contributed by atoms with E-state index < -0.39 is 4.92 Å². The van der Waals surface area contributed by atoms with Crippen LogP contribution in [0.2, 0.25) is 5.02 Å². The topological polar surface area (TPSA) is 78.2 Å². The number of nitro groups is 1. The molecule has 0 aliphatic heterocycles. The Hall–Kier alpha value is -2.73. The van der Waals surface area contributed by atoms with Crippen molar-refractivity contribution in [3.05, 3.63) is 63.9 Å². The van der Waals surface area contributed by atoms with Crippen molar-refractivity contribution in [3.8, 4) is 11.6 Å². The Morgan fingerprint density at radius 3 is 2.81 bits per heavy atom. The second-order valence-corrected chi connectivity index (χ2v) is 4.60. The monoisotopic (exact) mass is 301 g/mol. The molecule has 0 aliphatic carbocycles. The standard InChI is InChI=1S/C14H8ClN3O3/c15-12-7-10(18(19)20)8-17-14(12)21-11-3-4-13-9(6-11)2-1-5-16-13/h1-8H. The van der Waals surface area contributed by atoms with Gasteiger partial charge in [-0.3, -0.25) is 15.1 Å². The van der Waals surface area contributed by atoms with E-state index in [1.165, 1.54) is 6.07 Å². The van der Waals surface area contributed by atoms with Crippen LogP contribution in [0.3, 0.4) is 0 Å². The van der Waals surface area contributed by atoms with Gasteiger partial charge in [0.2, 0.25) is 5.88 Å². The number of nitrogens with zero attached hydrogens (tertiary/aromatic N) is 3. The average molecular weight is 302 g/mol. The molecule has 3 aromatic rings. The van der Waals surface area contributed by atoms with Crippen molar-refractivity contribution in [1.82, 2.24) is 9.97 Å². The molecule has 2 heterocycles. The van der Waals surface area contributed by atoms with Crippen molar-refractivity contribution in [2.24, 2.45) is 0 Å². The molecule has 0 bridgehead atoms. The molecule has 6 nitrogen and oxygen atoms in total. The van der Waals surface area contributed by atoms with Crippen LogP contribution in [0.5, 0.6) is 11.6 Å². The van der Waals surface area contributed by atoms with Gasteiger partial charge in [-0.2, -0.15) is 0 Å². The number of fused-ring (bicyclic) bond motifs is 1. The summed E-state index contributed by atoms with van der Waals surface area (Å²) in [5, 5.41) is 11.6. The van der Waals surface area contributed by atoms with E-state index in [0.717, 1.165) is 17.1 Å². The summed E-state index contributed by atoms with van der Waals surface area (Å²) in [6, 6.07) is 10.3. The molecule has 7 heteroatoms. The summed E-state index contributed by atoms with van der Waals surface area (Å²) in [6.45, 7) is 0. The van der Waals surface area contributed by atoms with Crippen molar-refractivity contribution >= 4 is 28.2 Å². The van der Waals surface area contributed by atoms with Crippen molar-refractivity contribution in [3.63, 3.8) is 0 Å². The Morgan fingerprint density at radius 1 is 1.19 bits per heavy atom. The number of aromatic nitrogens is 2. The maximum atomic E-state index is 10.6. The maximum absolute atomic E-state index is 10.6. The molecule has 2 aromatic heterocycles. The molecule has 104 valence electrons. The van der Waals surface area contributed by atoms with Gasteiger partial charge < -0.3 is 4.74 Å². The van der Waals surface area contributed by atoms with Crippen LogP contribution in [0.25, 0.3) is 10.9 Å². The predicted octanol–water partition coefficient (Wildman–Crippen LogP) is 3.98. The molecule has 0 aliphatic rings. The largest absolute Gasteiger partial charge is 0.438 e. The maximum Gasteiger partial charge on any atom is 0.289 e. The van der Waals surface area contributed by atoms with Crippen molar-refractivity contribution in [2.45, 2.75) is 0 Å². The molecule has 0 fully saturated rings. The van der Waals surface area contributed by atoms with Crippen LogP contribution in [0.4, 0.5) is 5.69 Å². The molecule has 0 saturated carbocycles. The highest BCUT2D eigenvalue weighted by Crippen LogP contribution is 2.30. The molecule has 1 aromatic carbocycles. The third kappa shape index (κ3) is 2.75. The van der Waals surface area contributed by atoms with Gasteiger partial charge in [-0.15, -0.1) is 0 Å². The van der Waals surface area contributed by atoms with E-state index in [2.05, 4.69) is 9.97 Å². The van der Waals surface area contributed by atoms with E-state index in [9.17, 15) is 10.1 Å². The van der Waals surface area contributed by atoms with Gasteiger partial charge in [0.15, 0.2) is 0 Å². The Bertz CT molecular complexity index is 839. The number of pyridine rings is 2. The molecule has 0 saturated heterocycles. The van der Waals surface area contributed by atoms with Crippen molar-refractivity contribution in [2.75, 3.05) is 0 Å². The fraction of sp³-hybridized carbons (Fsp3) is 0. The normalized spacial score (nSPS) is 10.5. The first-order valence-electron chi connectivity index (χ1n) is 5.96. The van der Waals surface area contributed by atoms with Gasteiger partial charge in [0.1, 0.15) is 17.0 Å². The molecule has 0 radical (unpaired) electrons. The Kier molecular flexibility index (Phi) is 3.37. The summed E-state index contributed by atoms with van der Waals surface area (Å²) < 4.78 is 5.56. The van der Waals surface area contributed by atoms with Crippen LogP contribution in [-0.4, -0.2) is 14.9 Å². The lowest BCUT2D eigenvalue weighted by atomic mass is 10.2. The second-order valence-electron chi connectivity index (χ2n) is 4.20. The summed E-state index contributed by atoms with van der Waals surface area (Å²) in [4.78, 5) is 18.1. The average Bonchev–Trinajstić information content (AvgIpc) is 2.49. The zero-order valence-corrected chi connectivity index (χ0v) is 11.3. The molecule has 21 heavy (non-hydrogen) atoms. The van der Waals surface area contributed by atoms with Gasteiger partial charge in [-0.1, -0.05) is 17.7 Å². The third-order valence-corrected chi connectivity index (χ3v) is 3.06. The highest BCUT2D eigenvalue weighted by Gasteiger charge is 2.12. The van der Waals surface area contributed by atoms with Gasteiger partial charge in [-0.05, 0) is 24.3 Å². The van der Waals surface area contributed by atoms with Crippen LogP contribution >= 0.6 is 11.6 Å². The molecule has 0 unspecified atom stereocenters. The van der Waals surface area contributed by atoms with E-state index in [1.807, 2.05) is 18.2 Å². The van der Waals surface area contributed by atoms with Crippen LogP contribution in [0, 0.1) is 10.1 Å². The fourth-order valence-corrected chi connectivity index (χ4v) is 2.02.